The van der Waals surface area contributed by atoms with Crippen LogP contribution in [-0.2, 0) is 17.6 Å². The van der Waals surface area contributed by atoms with Crippen molar-refractivity contribution >= 4 is 11.8 Å². The summed E-state index contributed by atoms with van der Waals surface area (Å²) in [5.74, 6) is -0.897. The lowest BCUT2D eigenvalue weighted by Gasteiger charge is -2.03. The number of aliphatic carboxylic acids is 1. The second kappa shape index (κ2) is 5.96. The van der Waals surface area contributed by atoms with Crippen molar-refractivity contribution in [3.05, 3.63) is 71.3 Å². The fraction of sp³-hybridized carbons (Fsp3) is 0.125. The zero-order chi connectivity index (χ0) is 13.7. The Bertz CT molecular complexity index is 588. The van der Waals surface area contributed by atoms with Gasteiger partial charge < -0.3 is 5.11 Å². The smallest absolute Gasteiger partial charge is 0.307 e. The molecule has 2 aromatic carbocycles. The third-order valence-corrected chi connectivity index (χ3v) is 2.81. The molecule has 0 radical (unpaired) electrons. The summed E-state index contributed by atoms with van der Waals surface area (Å²) < 4.78 is 0. The summed E-state index contributed by atoms with van der Waals surface area (Å²) in [7, 11) is 0. The van der Waals surface area contributed by atoms with E-state index in [1.165, 1.54) is 0 Å². The lowest BCUT2D eigenvalue weighted by Crippen LogP contribution is -2.06. The van der Waals surface area contributed by atoms with Gasteiger partial charge in [-0.2, -0.15) is 0 Å². The maximum Gasteiger partial charge on any atom is 0.307 e. The van der Waals surface area contributed by atoms with E-state index in [4.69, 9.17) is 5.11 Å². The van der Waals surface area contributed by atoms with Crippen molar-refractivity contribution in [3.63, 3.8) is 0 Å². The fourth-order valence-corrected chi connectivity index (χ4v) is 1.91. The Labute approximate surface area is 111 Å². The number of carbonyl (C=O) groups excluding carboxylic acids is 1. The average molecular weight is 254 g/mol. The summed E-state index contributed by atoms with van der Waals surface area (Å²) in [4.78, 5) is 22.8. The summed E-state index contributed by atoms with van der Waals surface area (Å²) in [5, 5.41) is 8.75. The first-order chi connectivity index (χ1) is 9.15. The highest BCUT2D eigenvalue weighted by molar-refractivity contribution is 5.97. The third-order valence-electron chi connectivity index (χ3n) is 2.81. The highest BCUT2D eigenvalue weighted by atomic mass is 16.4. The highest BCUT2D eigenvalue weighted by Gasteiger charge is 2.08. The Morgan fingerprint density at radius 2 is 1.53 bits per heavy atom. The van der Waals surface area contributed by atoms with Gasteiger partial charge in [0.05, 0.1) is 6.42 Å². The summed E-state index contributed by atoms with van der Waals surface area (Å²) in [6, 6.07) is 16.3. The number of rotatable bonds is 5. The monoisotopic (exact) mass is 254 g/mol. The van der Waals surface area contributed by atoms with E-state index in [-0.39, 0.29) is 12.2 Å². The maximum atomic E-state index is 12.1. The van der Waals surface area contributed by atoms with Gasteiger partial charge >= 0.3 is 5.97 Å². The lowest BCUT2D eigenvalue weighted by molar-refractivity contribution is -0.136. The minimum atomic E-state index is -0.896. The molecule has 0 saturated carbocycles. The summed E-state index contributed by atoms with van der Waals surface area (Å²) in [6.07, 6.45) is 0.268. The van der Waals surface area contributed by atoms with Gasteiger partial charge in [-0.1, -0.05) is 48.5 Å². The molecule has 2 rings (SSSR count). The molecule has 0 spiro atoms. The summed E-state index contributed by atoms with van der Waals surface area (Å²) >= 11 is 0. The molecule has 0 bridgehead atoms. The van der Waals surface area contributed by atoms with Crippen LogP contribution in [0.1, 0.15) is 21.5 Å². The zero-order valence-corrected chi connectivity index (χ0v) is 10.4. The quantitative estimate of drug-likeness (QED) is 0.835. The van der Waals surface area contributed by atoms with Crippen molar-refractivity contribution in [3.8, 4) is 0 Å². The average Bonchev–Trinajstić information content (AvgIpc) is 2.39. The first-order valence-electron chi connectivity index (χ1n) is 6.03. The van der Waals surface area contributed by atoms with Gasteiger partial charge in [-0.05, 0) is 17.2 Å². The van der Waals surface area contributed by atoms with Crippen molar-refractivity contribution in [2.45, 2.75) is 12.8 Å². The van der Waals surface area contributed by atoms with E-state index in [1.807, 2.05) is 30.3 Å². The van der Waals surface area contributed by atoms with Crippen LogP contribution in [0.2, 0.25) is 0 Å². The van der Waals surface area contributed by atoms with Gasteiger partial charge in [-0.15, -0.1) is 0 Å². The molecule has 0 fully saturated rings. The first-order valence-corrected chi connectivity index (χ1v) is 6.03. The second-order valence-electron chi connectivity index (χ2n) is 4.36. The molecule has 0 aliphatic carbocycles. The van der Waals surface area contributed by atoms with Gasteiger partial charge in [0.15, 0.2) is 5.78 Å². The highest BCUT2D eigenvalue weighted by Crippen LogP contribution is 2.10. The van der Waals surface area contributed by atoms with Crippen molar-refractivity contribution in [2.75, 3.05) is 0 Å². The second-order valence-corrected chi connectivity index (χ2v) is 4.36. The maximum absolute atomic E-state index is 12.1. The Morgan fingerprint density at radius 1 is 0.842 bits per heavy atom. The molecule has 96 valence electrons. The molecule has 3 heteroatoms. The number of Topliss-reactive ketones (excluding diaryl/α,β-unsaturated/α-hetero) is 1. The molecular weight excluding hydrogens is 240 g/mol. The van der Waals surface area contributed by atoms with Gasteiger partial charge in [0.25, 0.3) is 0 Å². The minimum Gasteiger partial charge on any atom is -0.481 e. The van der Waals surface area contributed by atoms with Gasteiger partial charge in [-0.25, -0.2) is 0 Å². The molecule has 0 amide bonds. The Morgan fingerprint density at radius 3 is 2.21 bits per heavy atom. The van der Waals surface area contributed by atoms with Gasteiger partial charge in [0, 0.05) is 12.0 Å². The molecule has 0 aromatic heterocycles. The van der Waals surface area contributed by atoms with Crippen molar-refractivity contribution in [1.29, 1.82) is 0 Å². The van der Waals surface area contributed by atoms with Crippen molar-refractivity contribution in [1.82, 2.24) is 0 Å². The molecule has 0 aliphatic heterocycles. The van der Waals surface area contributed by atoms with E-state index in [0.29, 0.717) is 17.5 Å². The van der Waals surface area contributed by atoms with Crippen LogP contribution in [0.25, 0.3) is 0 Å². The van der Waals surface area contributed by atoms with Crippen LogP contribution in [0.5, 0.6) is 0 Å². The molecule has 3 nitrogen and oxygen atoms in total. The molecular formula is C16H14O3. The van der Waals surface area contributed by atoms with E-state index >= 15 is 0 Å². The SMILES string of the molecule is O=C(O)Cc1cccc(C(=O)Cc2ccccc2)c1. The Balaban J connectivity index is 2.13. The Hall–Kier alpha value is -2.42. The molecule has 1 N–H and O–H groups in total. The standard InChI is InChI=1S/C16H14O3/c17-15(10-12-5-2-1-3-6-12)14-8-4-7-13(9-14)11-16(18)19/h1-9H,10-11H2,(H,18,19). The predicted octanol–water partition coefficient (Wildman–Crippen LogP) is 2.74. The molecule has 0 atom stereocenters. The number of carbonyl (C=O) groups is 2. The van der Waals surface area contributed by atoms with Crippen LogP contribution in [-0.4, -0.2) is 16.9 Å². The van der Waals surface area contributed by atoms with Crippen LogP contribution < -0.4 is 0 Å². The zero-order valence-electron chi connectivity index (χ0n) is 10.4. The van der Waals surface area contributed by atoms with E-state index in [2.05, 4.69) is 0 Å². The van der Waals surface area contributed by atoms with Crippen LogP contribution in [0.3, 0.4) is 0 Å². The molecule has 0 unspecified atom stereocenters. The number of hydrogen-bond donors (Lipinski definition) is 1. The van der Waals surface area contributed by atoms with Crippen molar-refractivity contribution in [2.24, 2.45) is 0 Å². The van der Waals surface area contributed by atoms with Crippen LogP contribution in [0, 0.1) is 0 Å². The van der Waals surface area contributed by atoms with E-state index in [9.17, 15) is 9.59 Å². The summed E-state index contributed by atoms with van der Waals surface area (Å²) in [5.41, 5.74) is 2.16. The van der Waals surface area contributed by atoms with Gasteiger partial charge in [0.2, 0.25) is 0 Å². The molecule has 2 aromatic rings. The van der Waals surface area contributed by atoms with E-state index < -0.39 is 5.97 Å². The first kappa shape index (κ1) is 13.0. The molecule has 19 heavy (non-hydrogen) atoms. The van der Waals surface area contributed by atoms with Gasteiger partial charge in [-0.3, -0.25) is 9.59 Å². The number of hydrogen-bond acceptors (Lipinski definition) is 2. The molecule has 0 saturated heterocycles. The van der Waals surface area contributed by atoms with Crippen LogP contribution in [0.15, 0.2) is 54.6 Å². The van der Waals surface area contributed by atoms with Crippen LogP contribution in [0.4, 0.5) is 0 Å². The van der Waals surface area contributed by atoms with Crippen molar-refractivity contribution < 1.29 is 14.7 Å². The molecule has 0 heterocycles. The topological polar surface area (TPSA) is 54.4 Å². The molecule has 0 aliphatic rings. The number of carboxylic acids is 1. The predicted molar refractivity (Wildman–Crippen MR) is 72.3 cm³/mol. The number of benzene rings is 2. The minimum absolute atomic E-state index is 0.00145. The van der Waals surface area contributed by atoms with E-state index in [1.54, 1.807) is 24.3 Å². The Kier molecular flexibility index (Phi) is 4.08. The normalized spacial score (nSPS) is 10.1. The third kappa shape index (κ3) is 3.78. The number of carboxylic acid groups (broad SMARTS) is 1. The largest absolute Gasteiger partial charge is 0.481 e. The van der Waals surface area contributed by atoms with Crippen LogP contribution >= 0.6 is 0 Å². The van der Waals surface area contributed by atoms with Gasteiger partial charge in [0.1, 0.15) is 0 Å². The number of ketones is 1. The van der Waals surface area contributed by atoms with E-state index in [0.717, 1.165) is 5.56 Å². The lowest BCUT2D eigenvalue weighted by atomic mass is 10.0. The fourth-order valence-electron chi connectivity index (χ4n) is 1.91. The summed E-state index contributed by atoms with van der Waals surface area (Å²) in [6.45, 7) is 0.